The van der Waals surface area contributed by atoms with E-state index in [1.165, 1.54) is 7.05 Å². The molecule has 4 aromatic rings. The van der Waals surface area contributed by atoms with Gasteiger partial charge in [-0.1, -0.05) is 140 Å². The van der Waals surface area contributed by atoms with Gasteiger partial charge in [0.2, 0.25) is 15.3 Å². The molecule has 0 aliphatic rings. The van der Waals surface area contributed by atoms with Gasteiger partial charge in [0.15, 0.2) is 0 Å². The molecule has 23 heteroatoms. The van der Waals surface area contributed by atoms with Crippen LogP contribution in [0.5, 0.6) is 0 Å². The molecule has 1 aromatic heterocycles. The Morgan fingerprint density at radius 1 is 0.500 bits per heavy atom. The van der Waals surface area contributed by atoms with Gasteiger partial charge in [0, 0.05) is 60.7 Å². The first-order chi connectivity index (χ1) is 33.8. The minimum atomic E-state index is -1.11. The first kappa shape index (κ1) is 57.7. The van der Waals surface area contributed by atoms with Gasteiger partial charge in [0.1, 0.15) is 18.3 Å². The molecule has 3 N–H and O–H groups in total. The smallest absolute Gasteiger partial charge is 0.336 e. The predicted molar refractivity (Wildman–Crippen MR) is 289 cm³/mol. The van der Waals surface area contributed by atoms with Gasteiger partial charge < -0.3 is 39.6 Å². The van der Waals surface area contributed by atoms with Crippen LogP contribution in [0.15, 0.2) is 105 Å². The van der Waals surface area contributed by atoms with Crippen LogP contribution in [-0.2, 0) is 43.3 Å². The van der Waals surface area contributed by atoms with E-state index < -0.39 is 55.0 Å². The van der Waals surface area contributed by atoms with Crippen LogP contribution in [0.2, 0.25) is 0 Å². The highest BCUT2D eigenvalue weighted by molar-refractivity contribution is 8.14. The largest absolute Gasteiger partial charge is 0.465 e. The van der Waals surface area contributed by atoms with E-state index in [0.29, 0.717) is 49.5 Å². The molecule has 0 amide bonds. The first-order valence-corrected chi connectivity index (χ1v) is 26.6. The molecule has 4 rings (SSSR count). The van der Waals surface area contributed by atoms with E-state index in [-0.39, 0.29) is 61.3 Å². The standard InChI is InChI=1S/C47H58N6O11S6/c1-4-21-49-43(66)63-37(31-69-40(55)34-17-11-7-12-18-34)28-52-45(57)51(27-36(62-42(65)48-3)30-68-39(54)33-15-9-6-10-16-33)46(58)53(47(52)59)29-38(32-70-41(56)35-19-13-8-14-20-35)64-44(67)50-22-24-61-26-25-60-23-5-2/h6-20,36-38H,4-5,21-32H2,1-3H3,(H,48,65)(H,49,66)(H,50,67). The van der Waals surface area contributed by atoms with Crippen LogP contribution < -0.4 is 33.0 Å². The summed E-state index contributed by atoms with van der Waals surface area (Å²) in [6.07, 6.45) is -1.64. The molecule has 3 atom stereocenters. The van der Waals surface area contributed by atoms with Crippen LogP contribution in [0.25, 0.3) is 0 Å². The predicted octanol–water partition coefficient (Wildman–Crippen LogP) is 5.15. The number of nitrogens with one attached hydrogen (secondary N) is 3. The van der Waals surface area contributed by atoms with Crippen LogP contribution >= 0.6 is 71.9 Å². The molecule has 0 aliphatic heterocycles. The van der Waals surface area contributed by atoms with Gasteiger partial charge in [-0.3, -0.25) is 14.4 Å². The van der Waals surface area contributed by atoms with Gasteiger partial charge in [-0.25, -0.2) is 28.1 Å². The molecule has 0 radical (unpaired) electrons. The number of aromatic nitrogens is 3. The molecule has 0 spiro atoms. The highest BCUT2D eigenvalue weighted by atomic mass is 32.2. The fraction of sp³-hybridized carbons (Fsp3) is 0.426. The highest BCUT2D eigenvalue weighted by Gasteiger charge is 2.27. The van der Waals surface area contributed by atoms with Gasteiger partial charge in [0.05, 0.1) is 39.5 Å². The Kier molecular flexibility index (Phi) is 26.5. The van der Waals surface area contributed by atoms with Crippen molar-refractivity contribution in [2.24, 2.45) is 0 Å². The van der Waals surface area contributed by atoms with Gasteiger partial charge in [-0.2, -0.15) is 0 Å². The van der Waals surface area contributed by atoms with Crippen molar-refractivity contribution in [3.63, 3.8) is 0 Å². The summed E-state index contributed by atoms with van der Waals surface area (Å²) in [5.74, 6) is -0.221. The quantitative estimate of drug-likeness (QED) is 0.0498. The van der Waals surface area contributed by atoms with E-state index in [4.69, 9.17) is 60.3 Å². The summed E-state index contributed by atoms with van der Waals surface area (Å²) < 4.78 is 31.7. The number of nitrogens with zero attached hydrogens (tertiary/aromatic N) is 3. The van der Waals surface area contributed by atoms with Gasteiger partial charge in [0.25, 0.3) is 15.5 Å². The third-order valence-corrected chi connectivity index (χ3v) is 13.4. The van der Waals surface area contributed by atoms with E-state index in [9.17, 15) is 28.8 Å². The maximum absolute atomic E-state index is 14.7. The zero-order valence-corrected chi connectivity index (χ0v) is 44.0. The third kappa shape index (κ3) is 20.1. The van der Waals surface area contributed by atoms with Crippen molar-refractivity contribution in [2.75, 3.05) is 63.8 Å². The van der Waals surface area contributed by atoms with E-state index in [0.717, 1.165) is 55.4 Å². The van der Waals surface area contributed by atoms with Crippen molar-refractivity contribution in [1.82, 2.24) is 29.7 Å². The number of carbonyl (C=O) groups is 3. The molecule has 0 saturated heterocycles. The number of carbonyl (C=O) groups excluding carboxylic acids is 3. The SMILES string of the molecule is CCCNC(=S)OC(CSC(=O)c1ccccc1)Cn1c(=O)n(CC(CSC(=O)c2ccccc2)OC(=S)NC)c(=O)n(CC(CSC(=O)c2ccccc2)OC(=S)NCCOCCOCCC)c1=O. The lowest BCUT2D eigenvalue weighted by Crippen LogP contribution is -2.58. The van der Waals surface area contributed by atoms with Crippen LogP contribution in [0.3, 0.4) is 0 Å². The second-order valence-corrected chi connectivity index (χ2v) is 19.1. The number of hydrogen-bond donors (Lipinski definition) is 3. The number of thioether (sulfide) groups is 3. The number of rotatable bonds is 28. The Labute approximate surface area is 435 Å². The summed E-state index contributed by atoms with van der Waals surface area (Å²) in [5.41, 5.74) is -1.89. The fourth-order valence-electron chi connectivity index (χ4n) is 6.13. The third-order valence-electron chi connectivity index (χ3n) is 9.55. The van der Waals surface area contributed by atoms with E-state index in [1.807, 2.05) is 13.8 Å². The highest BCUT2D eigenvalue weighted by Crippen LogP contribution is 2.18. The lowest BCUT2D eigenvalue weighted by atomic mass is 10.2. The minimum Gasteiger partial charge on any atom is -0.465 e. The summed E-state index contributed by atoms with van der Waals surface area (Å²) >= 11 is 19.0. The summed E-state index contributed by atoms with van der Waals surface area (Å²) in [4.78, 5) is 84.0. The summed E-state index contributed by atoms with van der Waals surface area (Å²) in [5, 5.41) is 7.54. The number of hydrogen-bond acceptors (Lipinski definition) is 17. The van der Waals surface area contributed by atoms with Gasteiger partial charge in [-0.05, 0) is 49.5 Å². The topological polar surface area (TPSA) is 199 Å². The molecule has 3 aromatic carbocycles. The number of thiocarbonyl (C=S) groups is 3. The molecule has 0 bridgehead atoms. The number of benzene rings is 3. The van der Waals surface area contributed by atoms with Crippen LogP contribution in [-0.4, -0.2) is 127 Å². The van der Waals surface area contributed by atoms with Crippen LogP contribution in [0.4, 0.5) is 0 Å². The van der Waals surface area contributed by atoms with E-state index in [1.54, 1.807) is 91.0 Å². The second-order valence-electron chi connectivity index (χ2n) is 15.0. The average Bonchev–Trinajstić information content (AvgIpc) is 3.38. The second kappa shape index (κ2) is 32.2. The summed E-state index contributed by atoms with van der Waals surface area (Å²) in [6.45, 7) is 4.87. The van der Waals surface area contributed by atoms with Crippen molar-refractivity contribution < 1.29 is 38.1 Å². The van der Waals surface area contributed by atoms with Gasteiger partial charge in [-0.15, -0.1) is 0 Å². The van der Waals surface area contributed by atoms with Crippen LogP contribution in [0, 0.1) is 0 Å². The molecule has 17 nitrogen and oxygen atoms in total. The monoisotopic (exact) mass is 1070 g/mol. The van der Waals surface area contributed by atoms with Gasteiger partial charge >= 0.3 is 17.1 Å². The molecule has 70 heavy (non-hydrogen) atoms. The molecule has 3 unspecified atom stereocenters. The number of ether oxygens (including phenoxy) is 5. The van der Waals surface area contributed by atoms with Crippen molar-refractivity contribution in [3.05, 3.63) is 139 Å². The van der Waals surface area contributed by atoms with Crippen LogP contribution in [0.1, 0.15) is 57.8 Å². The molecule has 0 saturated carbocycles. The first-order valence-electron chi connectivity index (χ1n) is 22.4. The lowest BCUT2D eigenvalue weighted by Gasteiger charge is -2.24. The van der Waals surface area contributed by atoms with Crippen molar-refractivity contribution in [3.8, 4) is 0 Å². The molecule has 0 aliphatic carbocycles. The molecule has 378 valence electrons. The lowest BCUT2D eigenvalue weighted by molar-refractivity contribution is 0.0495. The van der Waals surface area contributed by atoms with E-state index in [2.05, 4.69) is 16.0 Å². The zero-order chi connectivity index (χ0) is 50.7. The maximum Gasteiger partial charge on any atom is 0.336 e. The Hall–Kier alpha value is -4.88. The molecular formula is C47H58N6O11S6. The molecule has 1 heterocycles. The Morgan fingerprint density at radius 2 is 0.843 bits per heavy atom. The summed E-state index contributed by atoms with van der Waals surface area (Å²) in [6, 6.07) is 25.6. The normalized spacial score (nSPS) is 12.2. The average molecular weight is 1080 g/mol. The molecular weight excluding hydrogens is 1020 g/mol. The molecule has 0 fully saturated rings. The van der Waals surface area contributed by atoms with E-state index >= 15 is 0 Å². The van der Waals surface area contributed by atoms with Crippen molar-refractivity contribution in [1.29, 1.82) is 0 Å². The Bertz CT molecular complexity index is 2500. The summed E-state index contributed by atoms with van der Waals surface area (Å²) in [7, 11) is 1.53. The maximum atomic E-state index is 14.7. The Balaban J connectivity index is 1.77. The fourth-order valence-corrected chi connectivity index (χ4v) is 9.18. The minimum absolute atomic E-state index is 0.0275. The van der Waals surface area contributed by atoms with Crippen molar-refractivity contribution in [2.45, 2.75) is 64.6 Å². The Morgan fingerprint density at radius 3 is 1.19 bits per heavy atom. The zero-order valence-electron chi connectivity index (χ0n) is 39.1. The van der Waals surface area contributed by atoms with Crippen molar-refractivity contribution >= 4 is 103 Å².